The Morgan fingerprint density at radius 3 is 2.48 bits per heavy atom. The maximum absolute atomic E-state index is 12.4. The van der Waals surface area contributed by atoms with Gasteiger partial charge in [-0.25, -0.2) is 0 Å². The van der Waals surface area contributed by atoms with E-state index in [1.54, 1.807) is 0 Å². The summed E-state index contributed by atoms with van der Waals surface area (Å²) in [5, 5.41) is 1.92. The molecular formula is C20H18O2S. The molecule has 2 aromatic carbocycles. The lowest BCUT2D eigenvalue weighted by atomic mass is 10.1. The van der Waals surface area contributed by atoms with Crippen molar-refractivity contribution in [3.8, 4) is 5.75 Å². The molecule has 0 N–H and O–H groups in total. The Balaban J connectivity index is 1.72. The van der Waals surface area contributed by atoms with E-state index in [0.717, 1.165) is 21.8 Å². The molecule has 2 nitrogen and oxygen atoms in total. The topological polar surface area (TPSA) is 26.3 Å². The van der Waals surface area contributed by atoms with E-state index in [1.165, 1.54) is 16.9 Å². The minimum absolute atomic E-state index is 0.0631. The molecule has 3 heteroatoms. The first-order valence-corrected chi connectivity index (χ1v) is 8.38. The Kier molecular flexibility index (Phi) is 4.58. The zero-order chi connectivity index (χ0) is 16.2. The molecule has 0 fully saturated rings. The fraction of sp³-hybridized carbons (Fsp3) is 0.150. The smallest absolute Gasteiger partial charge is 0.202 e. The summed E-state index contributed by atoms with van der Waals surface area (Å²) < 4.78 is 5.88. The van der Waals surface area contributed by atoms with Gasteiger partial charge in [-0.1, -0.05) is 35.9 Å². The number of aryl methyl sites for hydroxylation is 2. The molecule has 0 radical (unpaired) electrons. The van der Waals surface area contributed by atoms with Crippen LogP contribution in [-0.2, 0) is 6.61 Å². The molecule has 0 saturated heterocycles. The number of ether oxygens (including phenoxy) is 1. The standard InChI is InChI=1S/C20H18O2S/c1-14-5-7-16(8-6-14)13-22-18-10-9-17(12-15(18)2)20(21)19-4-3-11-23-19/h3-12H,13H2,1-2H3. The lowest BCUT2D eigenvalue weighted by Gasteiger charge is -2.10. The van der Waals surface area contributed by atoms with Crippen LogP contribution in [0.3, 0.4) is 0 Å². The van der Waals surface area contributed by atoms with Gasteiger partial charge in [-0.05, 0) is 54.6 Å². The van der Waals surface area contributed by atoms with Crippen LogP contribution in [-0.4, -0.2) is 5.78 Å². The lowest BCUT2D eigenvalue weighted by Crippen LogP contribution is -2.01. The SMILES string of the molecule is Cc1ccc(COc2ccc(C(=O)c3cccs3)cc2C)cc1. The highest BCUT2D eigenvalue weighted by atomic mass is 32.1. The van der Waals surface area contributed by atoms with Crippen molar-refractivity contribution in [2.45, 2.75) is 20.5 Å². The van der Waals surface area contributed by atoms with Crippen LogP contribution in [0.4, 0.5) is 0 Å². The summed E-state index contributed by atoms with van der Waals surface area (Å²) in [6.45, 7) is 4.56. The number of carbonyl (C=O) groups excluding carboxylic acids is 1. The second kappa shape index (κ2) is 6.80. The summed E-state index contributed by atoms with van der Waals surface area (Å²) in [6, 6.07) is 17.6. The van der Waals surface area contributed by atoms with Crippen LogP contribution in [0.2, 0.25) is 0 Å². The summed E-state index contributed by atoms with van der Waals surface area (Å²) >= 11 is 1.46. The van der Waals surface area contributed by atoms with Gasteiger partial charge in [-0.2, -0.15) is 0 Å². The van der Waals surface area contributed by atoms with E-state index in [1.807, 2.05) is 42.6 Å². The molecule has 116 valence electrons. The predicted octanol–water partition coefficient (Wildman–Crippen LogP) is 5.17. The molecule has 0 atom stereocenters. The van der Waals surface area contributed by atoms with Crippen LogP contribution >= 0.6 is 11.3 Å². The van der Waals surface area contributed by atoms with E-state index < -0.39 is 0 Å². The maximum Gasteiger partial charge on any atom is 0.202 e. The van der Waals surface area contributed by atoms with Crippen LogP contribution in [0.5, 0.6) is 5.75 Å². The van der Waals surface area contributed by atoms with Crippen molar-refractivity contribution in [3.05, 3.63) is 87.1 Å². The van der Waals surface area contributed by atoms with Crippen LogP contribution in [0.15, 0.2) is 60.0 Å². The van der Waals surface area contributed by atoms with Crippen molar-refractivity contribution < 1.29 is 9.53 Å². The van der Waals surface area contributed by atoms with Gasteiger partial charge >= 0.3 is 0 Å². The largest absolute Gasteiger partial charge is 0.489 e. The van der Waals surface area contributed by atoms with Crippen LogP contribution in [0, 0.1) is 13.8 Å². The molecule has 1 heterocycles. The first-order chi connectivity index (χ1) is 11.1. The summed E-state index contributed by atoms with van der Waals surface area (Å²) in [5.41, 5.74) is 4.04. The van der Waals surface area contributed by atoms with Crippen molar-refractivity contribution >= 4 is 17.1 Å². The van der Waals surface area contributed by atoms with Crippen molar-refractivity contribution in [3.63, 3.8) is 0 Å². The van der Waals surface area contributed by atoms with Crippen LogP contribution in [0.1, 0.15) is 31.9 Å². The summed E-state index contributed by atoms with van der Waals surface area (Å²) in [7, 11) is 0. The predicted molar refractivity (Wildman–Crippen MR) is 94.4 cm³/mol. The molecule has 23 heavy (non-hydrogen) atoms. The molecule has 3 aromatic rings. The first kappa shape index (κ1) is 15.5. The fourth-order valence-electron chi connectivity index (χ4n) is 2.35. The molecule has 0 amide bonds. The molecule has 1 aromatic heterocycles. The van der Waals surface area contributed by atoms with E-state index in [4.69, 9.17) is 4.74 Å². The number of hydrogen-bond acceptors (Lipinski definition) is 3. The van der Waals surface area contributed by atoms with Gasteiger partial charge < -0.3 is 4.74 Å². The number of rotatable bonds is 5. The normalized spacial score (nSPS) is 10.5. The van der Waals surface area contributed by atoms with Gasteiger partial charge in [0, 0.05) is 5.56 Å². The Hall–Kier alpha value is -2.39. The van der Waals surface area contributed by atoms with Gasteiger partial charge in [0.1, 0.15) is 12.4 Å². The highest BCUT2D eigenvalue weighted by molar-refractivity contribution is 7.12. The van der Waals surface area contributed by atoms with Gasteiger partial charge in [0.05, 0.1) is 4.88 Å². The van der Waals surface area contributed by atoms with Gasteiger partial charge in [0.2, 0.25) is 5.78 Å². The highest BCUT2D eigenvalue weighted by Crippen LogP contribution is 2.23. The van der Waals surface area contributed by atoms with Crippen molar-refractivity contribution in [2.75, 3.05) is 0 Å². The van der Waals surface area contributed by atoms with Gasteiger partial charge in [0.25, 0.3) is 0 Å². The molecule has 0 bridgehead atoms. The quantitative estimate of drug-likeness (QED) is 0.605. The molecule has 0 unspecified atom stereocenters. The van der Waals surface area contributed by atoms with E-state index in [2.05, 4.69) is 31.2 Å². The number of benzene rings is 2. The summed E-state index contributed by atoms with van der Waals surface area (Å²) in [6.07, 6.45) is 0. The lowest BCUT2D eigenvalue weighted by molar-refractivity contribution is 0.104. The highest BCUT2D eigenvalue weighted by Gasteiger charge is 2.11. The Morgan fingerprint density at radius 2 is 1.83 bits per heavy atom. The number of hydrogen-bond donors (Lipinski definition) is 0. The first-order valence-electron chi connectivity index (χ1n) is 7.51. The minimum atomic E-state index is 0.0631. The van der Waals surface area contributed by atoms with Gasteiger partial charge in [-0.15, -0.1) is 11.3 Å². The van der Waals surface area contributed by atoms with Gasteiger partial charge in [-0.3, -0.25) is 4.79 Å². The fourth-order valence-corrected chi connectivity index (χ4v) is 3.03. The molecule has 0 aliphatic heterocycles. The van der Waals surface area contributed by atoms with Crippen molar-refractivity contribution in [1.82, 2.24) is 0 Å². The van der Waals surface area contributed by atoms with Crippen molar-refractivity contribution in [2.24, 2.45) is 0 Å². The average molecular weight is 322 g/mol. The molecule has 3 rings (SSSR count). The maximum atomic E-state index is 12.4. The molecule has 0 aliphatic carbocycles. The molecule has 0 spiro atoms. The molecule has 0 saturated carbocycles. The molecular weight excluding hydrogens is 304 g/mol. The zero-order valence-electron chi connectivity index (χ0n) is 13.2. The van der Waals surface area contributed by atoms with Gasteiger partial charge in [0.15, 0.2) is 0 Å². The average Bonchev–Trinajstić information content (AvgIpc) is 3.09. The second-order valence-corrected chi connectivity index (χ2v) is 6.51. The summed E-state index contributed by atoms with van der Waals surface area (Å²) in [4.78, 5) is 13.1. The van der Waals surface area contributed by atoms with Crippen LogP contribution < -0.4 is 4.74 Å². The third kappa shape index (κ3) is 3.69. The van der Waals surface area contributed by atoms with E-state index in [9.17, 15) is 4.79 Å². The van der Waals surface area contributed by atoms with E-state index in [0.29, 0.717) is 12.2 Å². The summed E-state index contributed by atoms with van der Waals surface area (Å²) in [5.74, 6) is 0.876. The molecule has 0 aliphatic rings. The van der Waals surface area contributed by atoms with E-state index >= 15 is 0 Å². The van der Waals surface area contributed by atoms with Crippen molar-refractivity contribution in [1.29, 1.82) is 0 Å². The number of thiophene rings is 1. The van der Waals surface area contributed by atoms with Crippen LogP contribution in [0.25, 0.3) is 0 Å². The number of ketones is 1. The third-order valence-corrected chi connectivity index (χ3v) is 4.57. The van der Waals surface area contributed by atoms with E-state index in [-0.39, 0.29) is 5.78 Å². The monoisotopic (exact) mass is 322 g/mol. The second-order valence-electron chi connectivity index (χ2n) is 5.56. The Bertz CT molecular complexity index is 802. The number of carbonyl (C=O) groups is 1. The minimum Gasteiger partial charge on any atom is -0.489 e. The zero-order valence-corrected chi connectivity index (χ0v) is 14.0. The Labute approximate surface area is 140 Å². The third-order valence-electron chi connectivity index (χ3n) is 3.70. The Morgan fingerprint density at radius 1 is 1.04 bits per heavy atom.